The number of hydrogen-bond acceptors (Lipinski definition) is 5. The number of aryl methyl sites for hydroxylation is 1. The van der Waals surface area contributed by atoms with Gasteiger partial charge >= 0.3 is 0 Å². The number of nitrogens with zero attached hydrogens (tertiary/aromatic N) is 3. The summed E-state index contributed by atoms with van der Waals surface area (Å²) in [7, 11) is 0. The van der Waals surface area contributed by atoms with E-state index in [0.717, 1.165) is 32.4 Å². The van der Waals surface area contributed by atoms with Gasteiger partial charge in [-0.25, -0.2) is 0 Å². The molecule has 1 saturated carbocycles. The molecule has 1 aromatic heterocycles. The predicted octanol–water partition coefficient (Wildman–Crippen LogP) is 1.63. The minimum Gasteiger partial charge on any atom is -0.343 e. The van der Waals surface area contributed by atoms with Crippen LogP contribution < -0.4 is 5.73 Å². The van der Waals surface area contributed by atoms with Gasteiger partial charge in [0.05, 0.1) is 5.54 Å². The van der Waals surface area contributed by atoms with E-state index in [4.69, 9.17) is 10.3 Å². The summed E-state index contributed by atoms with van der Waals surface area (Å²) >= 11 is 0. The smallest absolute Gasteiger partial charge is 0.227 e. The fraction of sp³-hybridized carbons (Fsp3) is 0.769. The van der Waals surface area contributed by atoms with Crippen molar-refractivity contribution in [1.29, 1.82) is 0 Å². The Bertz CT molecular complexity index is 441. The molecule has 1 amide bonds. The lowest BCUT2D eigenvalue weighted by Crippen LogP contribution is -2.44. The third-order valence-corrected chi connectivity index (χ3v) is 3.83. The van der Waals surface area contributed by atoms with Crippen LogP contribution in [0.4, 0.5) is 0 Å². The van der Waals surface area contributed by atoms with Crippen LogP contribution in [0.1, 0.15) is 51.2 Å². The van der Waals surface area contributed by atoms with Crippen molar-refractivity contribution in [2.24, 2.45) is 5.73 Å². The Kier molecular flexibility index (Phi) is 5.95. The number of hydrogen-bond donors (Lipinski definition) is 1. The molecule has 1 aliphatic rings. The predicted molar refractivity (Wildman–Crippen MR) is 77.5 cm³/mol. The number of nitrogens with two attached hydrogens (primary N) is 1. The molecule has 1 aromatic rings. The first-order valence-corrected chi connectivity index (χ1v) is 6.98. The molecular formula is C13H23ClN4O2. The van der Waals surface area contributed by atoms with E-state index in [9.17, 15) is 4.79 Å². The third-order valence-electron chi connectivity index (χ3n) is 3.83. The average molecular weight is 303 g/mol. The highest BCUT2D eigenvalue weighted by molar-refractivity contribution is 5.85. The van der Waals surface area contributed by atoms with E-state index in [1.54, 1.807) is 4.90 Å². The second kappa shape index (κ2) is 7.04. The van der Waals surface area contributed by atoms with Crippen LogP contribution in [0.3, 0.4) is 0 Å². The Morgan fingerprint density at radius 1 is 1.40 bits per heavy atom. The largest absolute Gasteiger partial charge is 0.343 e. The molecule has 0 spiro atoms. The fourth-order valence-corrected chi connectivity index (χ4v) is 2.29. The van der Waals surface area contributed by atoms with Gasteiger partial charge in [0.25, 0.3) is 0 Å². The molecule has 2 N–H and O–H groups in total. The van der Waals surface area contributed by atoms with E-state index < -0.39 is 5.54 Å². The molecular weight excluding hydrogens is 280 g/mol. The minimum absolute atomic E-state index is 0. The Hall–Kier alpha value is -1.14. The number of carbonyl (C=O) groups excluding carboxylic acids is 1. The normalized spacial score (nSPS) is 16.1. The van der Waals surface area contributed by atoms with Gasteiger partial charge in [0.1, 0.15) is 0 Å². The second-order valence-corrected chi connectivity index (χ2v) is 5.09. The zero-order chi connectivity index (χ0) is 13.9. The van der Waals surface area contributed by atoms with Crippen molar-refractivity contribution in [2.45, 2.75) is 51.5 Å². The van der Waals surface area contributed by atoms with Crippen LogP contribution in [-0.4, -0.2) is 34.0 Å². The average Bonchev–Trinajstić information content (AvgIpc) is 2.84. The van der Waals surface area contributed by atoms with E-state index in [1.165, 1.54) is 0 Å². The molecule has 7 heteroatoms. The number of aromatic nitrogens is 2. The molecule has 0 unspecified atom stereocenters. The van der Waals surface area contributed by atoms with Crippen molar-refractivity contribution >= 4 is 18.3 Å². The summed E-state index contributed by atoms with van der Waals surface area (Å²) in [6.45, 7) is 5.41. The van der Waals surface area contributed by atoms with Gasteiger partial charge in [0.15, 0.2) is 5.82 Å². The molecule has 0 radical (unpaired) electrons. The molecule has 1 heterocycles. The van der Waals surface area contributed by atoms with Crippen molar-refractivity contribution in [2.75, 3.05) is 13.1 Å². The van der Waals surface area contributed by atoms with Gasteiger partial charge in [-0.1, -0.05) is 5.16 Å². The van der Waals surface area contributed by atoms with Gasteiger partial charge < -0.3 is 15.2 Å². The number of amides is 1. The molecule has 1 aliphatic carbocycles. The standard InChI is InChI=1S/C13H22N4O2.ClH/c1-3-17(4-2)11(18)7-6-10-15-12(16-19-10)13(14)8-5-9-13;/h3-9,14H2,1-2H3;1H. The van der Waals surface area contributed by atoms with Crippen molar-refractivity contribution < 1.29 is 9.32 Å². The third kappa shape index (κ3) is 3.49. The van der Waals surface area contributed by atoms with Crippen LogP contribution in [0, 0.1) is 0 Å². The maximum Gasteiger partial charge on any atom is 0.227 e. The highest BCUT2D eigenvalue weighted by atomic mass is 35.5. The maximum atomic E-state index is 11.9. The van der Waals surface area contributed by atoms with Gasteiger partial charge in [0, 0.05) is 25.9 Å². The molecule has 1 fully saturated rings. The molecule has 0 aliphatic heterocycles. The van der Waals surface area contributed by atoms with Gasteiger partial charge in [-0.05, 0) is 33.1 Å². The van der Waals surface area contributed by atoms with E-state index in [0.29, 0.717) is 24.6 Å². The Balaban J connectivity index is 0.00000200. The van der Waals surface area contributed by atoms with E-state index in [2.05, 4.69) is 10.1 Å². The molecule has 0 aromatic carbocycles. The van der Waals surface area contributed by atoms with Crippen LogP contribution in [-0.2, 0) is 16.8 Å². The second-order valence-electron chi connectivity index (χ2n) is 5.09. The molecule has 6 nitrogen and oxygen atoms in total. The van der Waals surface area contributed by atoms with Crippen LogP contribution in [0.5, 0.6) is 0 Å². The zero-order valence-electron chi connectivity index (χ0n) is 12.1. The molecule has 0 saturated heterocycles. The Morgan fingerprint density at radius 3 is 2.55 bits per heavy atom. The number of halogens is 1. The summed E-state index contributed by atoms with van der Waals surface area (Å²) < 4.78 is 5.17. The van der Waals surface area contributed by atoms with Crippen molar-refractivity contribution in [3.8, 4) is 0 Å². The summed E-state index contributed by atoms with van der Waals surface area (Å²) in [4.78, 5) is 18.0. The maximum absolute atomic E-state index is 11.9. The molecule has 114 valence electrons. The first-order chi connectivity index (χ1) is 9.09. The van der Waals surface area contributed by atoms with Gasteiger partial charge in [-0.3, -0.25) is 4.79 Å². The first-order valence-electron chi connectivity index (χ1n) is 6.98. The SMILES string of the molecule is CCN(CC)C(=O)CCc1nc(C2(N)CCC2)no1.Cl. The van der Waals surface area contributed by atoms with Gasteiger partial charge in [-0.15, -0.1) is 12.4 Å². The van der Waals surface area contributed by atoms with E-state index in [-0.39, 0.29) is 18.3 Å². The minimum atomic E-state index is -0.398. The Labute approximate surface area is 125 Å². The van der Waals surface area contributed by atoms with Crippen molar-refractivity contribution in [3.63, 3.8) is 0 Å². The molecule has 2 rings (SSSR count). The van der Waals surface area contributed by atoms with Crippen LogP contribution in [0.15, 0.2) is 4.52 Å². The summed E-state index contributed by atoms with van der Waals surface area (Å²) in [6.07, 6.45) is 3.81. The lowest BCUT2D eigenvalue weighted by atomic mass is 9.77. The monoisotopic (exact) mass is 302 g/mol. The summed E-state index contributed by atoms with van der Waals surface area (Å²) in [5.74, 6) is 1.21. The van der Waals surface area contributed by atoms with E-state index in [1.807, 2.05) is 13.8 Å². The quantitative estimate of drug-likeness (QED) is 0.863. The van der Waals surface area contributed by atoms with Gasteiger partial charge in [0.2, 0.25) is 11.8 Å². The van der Waals surface area contributed by atoms with Crippen molar-refractivity contribution in [1.82, 2.24) is 15.0 Å². The topological polar surface area (TPSA) is 85.2 Å². The first kappa shape index (κ1) is 16.9. The van der Waals surface area contributed by atoms with Gasteiger partial charge in [-0.2, -0.15) is 4.98 Å². The van der Waals surface area contributed by atoms with Crippen LogP contribution in [0.2, 0.25) is 0 Å². The van der Waals surface area contributed by atoms with E-state index >= 15 is 0 Å². The zero-order valence-corrected chi connectivity index (χ0v) is 12.9. The highest BCUT2D eigenvalue weighted by Crippen LogP contribution is 2.36. The summed E-state index contributed by atoms with van der Waals surface area (Å²) in [5, 5.41) is 3.94. The molecule has 20 heavy (non-hydrogen) atoms. The van der Waals surface area contributed by atoms with Crippen LogP contribution >= 0.6 is 12.4 Å². The lowest BCUT2D eigenvalue weighted by molar-refractivity contribution is -0.130. The Morgan fingerprint density at radius 2 is 2.05 bits per heavy atom. The highest BCUT2D eigenvalue weighted by Gasteiger charge is 2.38. The fourth-order valence-electron chi connectivity index (χ4n) is 2.29. The van der Waals surface area contributed by atoms with Crippen LogP contribution in [0.25, 0.3) is 0 Å². The molecule has 0 atom stereocenters. The van der Waals surface area contributed by atoms with Crippen molar-refractivity contribution in [3.05, 3.63) is 11.7 Å². The summed E-state index contributed by atoms with van der Waals surface area (Å²) in [6, 6.07) is 0. The summed E-state index contributed by atoms with van der Waals surface area (Å²) in [5.41, 5.74) is 5.73. The lowest BCUT2D eigenvalue weighted by Gasteiger charge is -2.34. The number of carbonyl (C=O) groups is 1. The number of rotatable bonds is 6. The molecule has 0 bridgehead atoms.